The van der Waals surface area contributed by atoms with Crippen molar-refractivity contribution in [2.24, 2.45) is 0 Å². The Bertz CT molecular complexity index is 830. The van der Waals surface area contributed by atoms with Crippen molar-refractivity contribution in [1.29, 1.82) is 5.26 Å². The lowest BCUT2D eigenvalue weighted by atomic mass is 10.0. The molecule has 2 heterocycles. The van der Waals surface area contributed by atoms with Gasteiger partial charge in [0, 0.05) is 6.20 Å². The number of nitriles is 1. The van der Waals surface area contributed by atoms with Gasteiger partial charge >= 0.3 is 0 Å². The van der Waals surface area contributed by atoms with E-state index in [0.29, 0.717) is 16.6 Å². The molecule has 0 amide bonds. The van der Waals surface area contributed by atoms with E-state index in [4.69, 9.17) is 5.26 Å². The van der Waals surface area contributed by atoms with Gasteiger partial charge in [0.1, 0.15) is 11.1 Å². The molecule has 0 spiro atoms. The Morgan fingerprint density at radius 1 is 1.13 bits per heavy atom. The molecule has 3 rings (SSSR count). The van der Waals surface area contributed by atoms with E-state index in [2.05, 4.69) is 46.5 Å². The highest BCUT2D eigenvalue weighted by Crippen LogP contribution is 2.26. The third-order valence-electron chi connectivity index (χ3n) is 3.31. The Morgan fingerprint density at radius 2 is 1.91 bits per heavy atom. The molecule has 0 N–H and O–H groups in total. The lowest BCUT2D eigenvalue weighted by Crippen LogP contribution is -1.99. The van der Waals surface area contributed by atoms with E-state index in [1.807, 2.05) is 18.2 Å². The number of rotatable bonds is 4. The van der Waals surface area contributed by atoms with Crippen LogP contribution in [0.1, 0.15) is 30.9 Å². The molecule has 3 aromatic rings. The standard InChI is InChI=1S/C16H14N6S/c1-11(2)13-4-6-14(7-5-13)22-16(19-20-21-22)23-15-8-3-12(9-17)10-18-15/h3-8,10-11H,1-2H3. The predicted octanol–water partition coefficient (Wildman–Crippen LogP) is 3.20. The molecular formula is C16H14N6S. The van der Waals surface area contributed by atoms with E-state index in [9.17, 15) is 0 Å². The summed E-state index contributed by atoms with van der Waals surface area (Å²) >= 11 is 1.35. The van der Waals surface area contributed by atoms with Crippen LogP contribution in [0.4, 0.5) is 0 Å². The van der Waals surface area contributed by atoms with Gasteiger partial charge in [0.25, 0.3) is 0 Å². The van der Waals surface area contributed by atoms with Crippen LogP contribution in [0.5, 0.6) is 0 Å². The molecule has 0 aliphatic carbocycles. The molecule has 0 atom stereocenters. The van der Waals surface area contributed by atoms with E-state index in [-0.39, 0.29) is 0 Å². The fourth-order valence-corrected chi connectivity index (χ4v) is 2.74. The lowest BCUT2D eigenvalue weighted by Gasteiger charge is -2.07. The monoisotopic (exact) mass is 322 g/mol. The van der Waals surface area contributed by atoms with E-state index in [1.165, 1.54) is 23.5 Å². The Hall–Kier alpha value is -2.72. The zero-order valence-electron chi connectivity index (χ0n) is 12.7. The summed E-state index contributed by atoms with van der Waals surface area (Å²) in [4.78, 5) is 4.23. The fraction of sp³-hybridized carbons (Fsp3) is 0.188. The zero-order chi connectivity index (χ0) is 16.2. The minimum absolute atomic E-state index is 0.481. The van der Waals surface area contributed by atoms with Crippen LogP contribution in [0, 0.1) is 11.3 Å². The van der Waals surface area contributed by atoms with Crippen LogP contribution in [0.25, 0.3) is 5.69 Å². The summed E-state index contributed by atoms with van der Waals surface area (Å²) in [6.45, 7) is 4.31. The summed E-state index contributed by atoms with van der Waals surface area (Å²) in [6, 6.07) is 13.7. The molecule has 0 saturated carbocycles. The first kappa shape index (κ1) is 15.2. The molecule has 7 heteroatoms. The summed E-state index contributed by atoms with van der Waals surface area (Å²) in [5, 5.41) is 22.0. The fourth-order valence-electron chi connectivity index (χ4n) is 2.01. The highest BCUT2D eigenvalue weighted by molar-refractivity contribution is 7.99. The van der Waals surface area contributed by atoms with Crippen LogP contribution in [-0.2, 0) is 0 Å². The Labute approximate surface area is 138 Å². The van der Waals surface area contributed by atoms with E-state index >= 15 is 0 Å². The molecule has 0 fully saturated rings. The number of nitrogens with zero attached hydrogens (tertiary/aromatic N) is 6. The van der Waals surface area contributed by atoms with Gasteiger partial charge in [-0.15, -0.1) is 5.10 Å². The minimum Gasteiger partial charge on any atom is -0.248 e. The number of aromatic nitrogens is 5. The topological polar surface area (TPSA) is 80.3 Å². The molecule has 114 valence electrons. The van der Waals surface area contributed by atoms with Gasteiger partial charge in [0.05, 0.1) is 11.3 Å². The van der Waals surface area contributed by atoms with Crippen LogP contribution in [-0.4, -0.2) is 25.2 Å². The Balaban J connectivity index is 1.85. The first-order valence-electron chi connectivity index (χ1n) is 7.10. The van der Waals surface area contributed by atoms with Gasteiger partial charge in [0.15, 0.2) is 0 Å². The molecule has 0 aliphatic heterocycles. The molecule has 0 bridgehead atoms. The molecule has 0 saturated heterocycles. The number of hydrogen-bond donors (Lipinski definition) is 0. The number of tetrazole rings is 1. The lowest BCUT2D eigenvalue weighted by molar-refractivity contribution is 0.754. The summed E-state index contributed by atoms with van der Waals surface area (Å²) in [5.41, 5.74) is 2.69. The van der Waals surface area contributed by atoms with Crippen molar-refractivity contribution < 1.29 is 0 Å². The van der Waals surface area contributed by atoms with Crippen LogP contribution >= 0.6 is 11.8 Å². The second-order valence-corrected chi connectivity index (χ2v) is 6.21. The molecular weight excluding hydrogens is 308 g/mol. The van der Waals surface area contributed by atoms with Gasteiger partial charge in [0.2, 0.25) is 5.16 Å². The Kier molecular flexibility index (Phi) is 4.35. The molecule has 23 heavy (non-hydrogen) atoms. The minimum atomic E-state index is 0.481. The van der Waals surface area contributed by atoms with Crippen molar-refractivity contribution in [2.45, 2.75) is 29.9 Å². The van der Waals surface area contributed by atoms with Gasteiger partial charge in [-0.2, -0.15) is 9.94 Å². The summed E-state index contributed by atoms with van der Waals surface area (Å²) in [6.07, 6.45) is 1.54. The van der Waals surface area contributed by atoms with Gasteiger partial charge < -0.3 is 0 Å². The third-order valence-corrected chi connectivity index (χ3v) is 4.19. The van der Waals surface area contributed by atoms with Crippen molar-refractivity contribution in [3.8, 4) is 11.8 Å². The molecule has 0 aliphatic rings. The maximum atomic E-state index is 8.81. The summed E-state index contributed by atoms with van der Waals surface area (Å²) in [5.74, 6) is 0.481. The van der Waals surface area contributed by atoms with Crippen molar-refractivity contribution in [3.63, 3.8) is 0 Å². The normalized spacial score (nSPS) is 10.7. The van der Waals surface area contributed by atoms with Crippen LogP contribution in [0.2, 0.25) is 0 Å². The summed E-state index contributed by atoms with van der Waals surface area (Å²) in [7, 11) is 0. The molecule has 0 unspecified atom stereocenters. The highest BCUT2D eigenvalue weighted by atomic mass is 32.2. The number of pyridine rings is 1. The smallest absolute Gasteiger partial charge is 0.220 e. The van der Waals surface area contributed by atoms with Crippen molar-refractivity contribution in [1.82, 2.24) is 25.2 Å². The molecule has 0 radical (unpaired) electrons. The highest BCUT2D eigenvalue weighted by Gasteiger charge is 2.11. The average molecular weight is 322 g/mol. The second kappa shape index (κ2) is 6.58. The maximum Gasteiger partial charge on any atom is 0.220 e. The quantitative estimate of drug-likeness (QED) is 0.734. The van der Waals surface area contributed by atoms with Gasteiger partial charge in [-0.25, -0.2) is 4.98 Å². The van der Waals surface area contributed by atoms with Gasteiger partial charge in [-0.3, -0.25) is 0 Å². The van der Waals surface area contributed by atoms with E-state index in [0.717, 1.165) is 10.7 Å². The first-order chi connectivity index (χ1) is 11.2. The first-order valence-corrected chi connectivity index (χ1v) is 7.92. The predicted molar refractivity (Wildman–Crippen MR) is 86.3 cm³/mol. The molecule has 1 aromatic carbocycles. The zero-order valence-corrected chi connectivity index (χ0v) is 13.5. The summed E-state index contributed by atoms with van der Waals surface area (Å²) < 4.78 is 1.68. The largest absolute Gasteiger partial charge is 0.248 e. The average Bonchev–Trinajstić information content (AvgIpc) is 3.04. The molecule has 6 nitrogen and oxygen atoms in total. The van der Waals surface area contributed by atoms with Crippen molar-refractivity contribution in [3.05, 3.63) is 53.7 Å². The van der Waals surface area contributed by atoms with E-state index < -0.39 is 0 Å². The molecule has 2 aromatic heterocycles. The van der Waals surface area contributed by atoms with Crippen LogP contribution in [0.3, 0.4) is 0 Å². The van der Waals surface area contributed by atoms with E-state index in [1.54, 1.807) is 16.8 Å². The Morgan fingerprint density at radius 3 is 2.52 bits per heavy atom. The third kappa shape index (κ3) is 3.38. The van der Waals surface area contributed by atoms with Crippen molar-refractivity contribution >= 4 is 11.8 Å². The van der Waals surface area contributed by atoms with Crippen molar-refractivity contribution in [2.75, 3.05) is 0 Å². The maximum absolute atomic E-state index is 8.81. The van der Waals surface area contributed by atoms with Gasteiger partial charge in [-0.1, -0.05) is 26.0 Å². The second-order valence-electron chi connectivity index (χ2n) is 5.22. The SMILES string of the molecule is CC(C)c1ccc(-n2nnnc2Sc2ccc(C#N)cn2)cc1. The van der Waals surface area contributed by atoms with Gasteiger partial charge in [-0.05, 0) is 57.9 Å². The number of benzene rings is 1. The van der Waals surface area contributed by atoms with Crippen LogP contribution in [0.15, 0.2) is 52.8 Å². The van der Waals surface area contributed by atoms with Crippen LogP contribution < -0.4 is 0 Å². The number of hydrogen-bond acceptors (Lipinski definition) is 6.